The molecule has 0 saturated heterocycles. The first-order chi connectivity index (χ1) is 10.3. The second kappa shape index (κ2) is 6.62. The fourth-order valence-corrected chi connectivity index (χ4v) is 3.40. The van der Waals surface area contributed by atoms with Crippen LogP contribution in [-0.2, 0) is 22.3 Å². The monoisotopic (exact) mass is 321 g/mol. The second-order valence-corrected chi connectivity index (χ2v) is 7.46. The van der Waals surface area contributed by atoms with Crippen molar-refractivity contribution < 1.29 is 8.42 Å². The number of aryl methyl sites for hydroxylation is 2. The van der Waals surface area contributed by atoms with Crippen molar-refractivity contribution in [2.24, 2.45) is 0 Å². The Labute approximate surface area is 132 Å². The Morgan fingerprint density at radius 1 is 1.09 bits per heavy atom. The van der Waals surface area contributed by atoms with E-state index < -0.39 is 10.0 Å². The average molecular weight is 321 g/mol. The largest absolute Gasteiger partial charge is 0.268 e. The summed E-state index contributed by atoms with van der Waals surface area (Å²) in [6.07, 6.45) is 0. The zero-order valence-corrected chi connectivity index (χ0v) is 14.4. The summed E-state index contributed by atoms with van der Waals surface area (Å²) in [5.41, 5.74) is 5.13. The highest BCUT2D eigenvalue weighted by atomic mass is 32.2. The Kier molecular flexibility index (Phi) is 5.03. The Bertz CT molecular complexity index is 746. The van der Waals surface area contributed by atoms with Crippen molar-refractivity contribution >= 4 is 10.0 Å². The smallest absolute Gasteiger partial charge is 0.215 e. The lowest BCUT2D eigenvalue weighted by Gasteiger charge is -2.08. The van der Waals surface area contributed by atoms with Crippen LogP contribution >= 0.6 is 0 Å². The summed E-state index contributed by atoms with van der Waals surface area (Å²) < 4.78 is 28.7. The van der Waals surface area contributed by atoms with Gasteiger partial charge in [0.1, 0.15) is 0 Å². The molecular formula is C16H23N3O2S. The van der Waals surface area contributed by atoms with Gasteiger partial charge < -0.3 is 0 Å². The third kappa shape index (κ3) is 4.18. The lowest BCUT2D eigenvalue weighted by atomic mass is 10.2. The molecule has 0 aliphatic heterocycles. The van der Waals surface area contributed by atoms with Crippen molar-refractivity contribution in [2.75, 3.05) is 6.54 Å². The van der Waals surface area contributed by atoms with E-state index in [1.807, 2.05) is 56.6 Å². The first-order valence-corrected chi connectivity index (χ1v) is 8.97. The molecular weight excluding hydrogens is 298 g/mol. The third-order valence-corrected chi connectivity index (χ3v) is 5.22. The zero-order chi connectivity index (χ0) is 16.3. The molecule has 0 bridgehead atoms. The van der Waals surface area contributed by atoms with Gasteiger partial charge in [-0.3, -0.25) is 4.68 Å². The molecule has 5 nitrogen and oxygen atoms in total. The fourth-order valence-electron chi connectivity index (χ4n) is 2.27. The first kappa shape index (κ1) is 16.7. The first-order valence-electron chi connectivity index (χ1n) is 7.32. The normalized spacial score (nSPS) is 11.8. The molecule has 0 fully saturated rings. The standard InChI is InChI=1S/C16H23N3O2S/c1-12-5-7-16(8-6-12)11-22(20,21)17-9-10-19-15(4)13(2)14(3)18-19/h5-8,17H,9-11H2,1-4H3. The number of hydrogen-bond acceptors (Lipinski definition) is 3. The van der Waals surface area contributed by atoms with E-state index in [0.29, 0.717) is 13.1 Å². The summed E-state index contributed by atoms with van der Waals surface area (Å²) in [4.78, 5) is 0. The van der Waals surface area contributed by atoms with Crippen LogP contribution in [0.3, 0.4) is 0 Å². The van der Waals surface area contributed by atoms with Crippen LogP contribution in [0, 0.1) is 27.7 Å². The van der Waals surface area contributed by atoms with E-state index in [1.54, 1.807) is 0 Å². The van der Waals surface area contributed by atoms with E-state index in [0.717, 1.165) is 28.1 Å². The van der Waals surface area contributed by atoms with E-state index in [-0.39, 0.29) is 5.75 Å². The van der Waals surface area contributed by atoms with Crippen molar-refractivity contribution in [3.63, 3.8) is 0 Å². The quantitative estimate of drug-likeness (QED) is 0.887. The summed E-state index contributed by atoms with van der Waals surface area (Å²) in [6.45, 7) is 8.84. The highest BCUT2D eigenvalue weighted by Crippen LogP contribution is 2.10. The summed E-state index contributed by atoms with van der Waals surface area (Å²) in [7, 11) is -3.32. The van der Waals surface area contributed by atoms with E-state index in [9.17, 15) is 8.42 Å². The summed E-state index contributed by atoms with van der Waals surface area (Å²) in [5, 5.41) is 4.40. The number of aromatic nitrogens is 2. The molecule has 1 aromatic heterocycles. The number of nitrogens with one attached hydrogen (secondary N) is 1. The van der Waals surface area contributed by atoms with Crippen LogP contribution in [0.2, 0.25) is 0 Å². The molecule has 2 rings (SSSR count). The SMILES string of the molecule is Cc1ccc(CS(=O)(=O)NCCn2nc(C)c(C)c2C)cc1. The second-order valence-electron chi connectivity index (χ2n) is 5.66. The lowest BCUT2D eigenvalue weighted by molar-refractivity contribution is 0.553. The van der Waals surface area contributed by atoms with Gasteiger partial charge in [0.25, 0.3) is 0 Å². The van der Waals surface area contributed by atoms with Crippen molar-refractivity contribution in [3.8, 4) is 0 Å². The molecule has 22 heavy (non-hydrogen) atoms. The van der Waals surface area contributed by atoms with Crippen LogP contribution in [0.1, 0.15) is 28.1 Å². The molecule has 1 aromatic carbocycles. The van der Waals surface area contributed by atoms with Gasteiger partial charge in [0.05, 0.1) is 18.0 Å². The zero-order valence-electron chi connectivity index (χ0n) is 13.5. The van der Waals surface area contributed by atoms with Gasteiger partial charge in [0, 0.05) is 12.2 Å². The van der Waals surface area contributed by atoms with Gasteiger partial charge in [-0.25, -0.2) is 13.1 Å². The minimum atomic E-state index is -3.32. The molecule has 0 aliphatic rings. The van der Waals surface area contributed by atoms with Gasteiger partial charge in [-0.2, -0.15) is 5.10 Å². The highest BCUT2D eigenvalue weighted by Gasteiger charge is 2.12. The van der Waals surface area contributed by atoms with E-state index in [2.05, 4.69) is 9.82 Å². The molecule has 1 heterocycles. The van der Waals surface area contributed by atoms with E-state index in [1.165, 1.54) is 0 Å². The molecule has 120 valence electrons. The molecule has 0 saturated carbocycles. The van der Waals surface area contributed by atoms with Crippen LogP contribution in [0.5, 0.6) is 0 Å². The predicted molar refractivity (Wildman–Crippen MR) is 88.2 cm³/mol. The van der Waals surface area contributed by atoms with Crippen molar-refractivity contribution in [1.29, 1.82) is 0 Å². The molecule has 0 amide bonds. The van der Waals surface area contributed by atoms with Crippen molar-refractivity contribution in [1.82, 2.24) is 14.5 Å². The minimum absolute atomic E-state index is 0.00340. The summed E-state index contributed by atoms with van der Waals surface area (Å²) in [6, 6.07) is 7.53. The Balaban J connectivity index is 1.92. The number of rotatable bonds is 6. The van der Waals surface area contributed by atoms with Gasteiger partial charge in [0.15, 0.2) is 0 Å². The third-order valence-electron chi connectivity index (χ3n) is 3.87. The predicted octanol–water partition coefficient (Wildman–Crippen LogP) is 2.24. The van der Waals surface area contributed by atoms with Gasteiger partial charge in [-0.15, -0.1) is 0 Å². The van der Waals surface area contributed by atoms with Crippen LogP contribution in [0.15, 0.2) is 24.3 Å². The highest BCUT2D eigenvalue weighted by molar-refractivity contribution is 7.88. The maximum Gasteiger partial charge on any atom is 0.215 e. The van der Waals surface area contributed by atoms with Gasteiger partial charge >= 0.3 is 0 Å². The lowest BCUT2D eigenvalue weighted by Crippen LogP contribution is -2.29. The molecule has 0 atom stereocenters. The minimum Gasteiger partial charge on any atom is -0.268 e. The molecule has 6 heteroatoms. The number of nitrogens with zero attached hydrogens (tertiary/aromatic N) is 2. The number of sulfonamides is 1. The van der Waals surface area contributed by atoms with Crippen LogP contribution in [0.4, 0.5) is 0 Å². The average Bonchev–Trinajstić information content (AvgIpc) is 2.69. The maximum absolute atomic E-state index is 12.1. The Morgan fingerprint density at radius 3 is 2.27 bits per heavy atom. The maximum atomic E-state index is 12.1. The van der Waals surface area contributed by atoms with Crippen molar-refractivity contribution in [3.05, 3.63) is 52.3 Å². The molecule has 0 radical (unpaired) electrons. The van der Waals surface area contributed by atoms with Crippen LogP contribution in [0.25, 0.3) is 0 Å². The van der Waals surface area contributed by atoms with Crippen molar-refractivity contribution in [2.45, 2.75) is 40.0 Å². The number of hydrogen-bond donors (Lipinski definition) is 1. The molecule has 0 unspecified atom stereocenters. The van der Waals surface area contributed by atoms with Gasteiger partial charge in [-0.1, -0.05) is 29.8 Å². The van der Waals surface area contributed by atoms with Crippen LogP contribution < -0.4 is 4.72 Å². The molecule has 0 spiro atoms. The summed E-state index contributed by atoms with van der Waals surface area (Å²) in [5.74, 6) is 0.00340. The van der Waals surface area contributed by atoms with E-state index >= 15 is 0 Å². The van der Waals surface area contributed by atoms with Gasteiger partial charge in [-0.05, 0) is 38.8 Å². The topological polar surface area (TPSA) is 64.0 Å². The van der Waals surface area contributed by atoms with E-state index in [4.69, 9.17) is 0 Å². The van der Waals surface area contributed by atoms with Crippen LogP contribution in [-0.4, -0.2) is 24.7 Å². The van der Waals surface area contributed by atoms with Gasteiger partial charge in [0.2, 0.25) is 10.0 Å². The molecule has 1 N–H and O–H groups in total. The molecule has 0 aliphatic carbocycles. The fraction of sp³-hybridized carbons (Fsp3) is 0.438. The Morgan fingerprint density at radius 2 is 1.73 bits per heavy atom. The number of benzene rings is 1. The summed E-state index contributed by atoms with van der Waals surface area (Å²) >= 11 is 0. The molecule has 2 aromatic rings. The Hall–Kier alpha value is -1.66.